The van der Waals surface area contributed by atoms with Crippen LogP contribution in [0.2, 0.25) is 0 Å². The number of nitrogens with one attached hydrogen (secondary N) is 2. The van der Waals surface area contributed by atoms with Crippen LogP contribution < -0.4 is 9.44 Å². The number of rotatable bonds is 7. The van der Waals surface area contributed by atoms with Crippen molar-refractivity contribution in [2.45, 2.75) is 48.4 Å². The molecule has 1 saturated carbocycles. The van der Waals surface area contributed by atoms with E-state index in [0.717, 1.165) is 18.4 Å². The molecule has 0 bridgehead atoms. The Hall–Kier alpha value is -1.90. The Morgan fingerprint density at radius 1 is 0.885 bits per heavy atom. The van der Waals surface area contributed by atoms with Gasteiger partial charge in [0.05, 0.1) is 9.79 Å². The topological polar surface area (TPSA) is 92.3 Å². The molecule has 26 heavy (non-hydrogen) atoms. The number of hydrogen-bond acceptors (Lipinski definition) is 4. The SMILES string of the molecule is CC(C)c1cccc(NS(=O)(=O)c2cccc(S(=O)(=O)NC3CC3)c2)c1. The first-order chi connectivity index (χ1) is 12.2. The molecule has 0 amide bonds. The van der Waals surface area contributed by atoms with E-state index in [2.05, 4.69) is 9.44 Å². The van der Waals surface area contributed by atoms with Crippen molar-refractivity contribution in [2.75, 3.05) is 4.72 Å². The summed E-state index contributed by atoms with van der Waals surface area (Å²) in [6, 6.07) is 12.5. The molecule has 0 aromatic heterocycles. The summed E-state index contributed by atoms with van der Waals surface area (Å²) in [5.41, 5.74) is 1.45. The molecule has 3 rings (SSSR count). The van der Waals surface area contributed by atoms with E-state index in [1.54, 1.807) is 18.2 Å². The van der Waals surface area contributed by atoms with Crippen LogP contribution >= 0.6 is 0 Å². The van der Waals surface area contributed by atoms with Gasteiger partial charge in [-0.1, -0.05) is 32.0 Å². The largest absolute Gasteiger partial charge is 0.280 e. The van der Waals surface area contributed by atoms with Crippen molar-refractivity contribution in [1.82, 2.24) is 4.72 Å². The number of benzene rings is 2. The standard InChI is InChI=1S/C18H22N2O4S2/c1-13(2)14-5-3-6-16(11-14)20-26(23,24)18-8-4-7-17(12-18)25(21,22)19-15-9-10-15/h3-8,11-13,15,19-20H,9-10H2,1-2H3. The van der Waals surface area contributed by atoms with Crippen LogP contribution in [-0.2, 0) is 20.0 Å². The van der Waals surface area contributed by atoms with Gasteiger partial charge in [-0.15, -0.1) is 0 Å². The fraction of sp³-hybridized carbons (Fsp3) is 0.333. The molecule has 1 aliphatic carbocycles. The second kappa shape index (κ2) is 7.02. The van der Waals surface area contributed by atoms with Crippen molar-refractivity contribution in [3.05, 3.63) is 54.1 Å². The highest BCUT2D eigenvalue weighted by Crippen LogP contribution is 2.25. The lowest BCUT2D eigenvalue weighted by Gasteiger charge is -2.12. The molecule has 2 aromatic carbocycles. The van der Waals surface area contributed by atoms with Gasteiger partial charge in [0.2, 0.25) is 10.0 Å². The van der Waals surface area contributed by atoms with Gasteiger partial charge in [0.25, 0.3) is 10.0 Å². The van der Waals surface area contributed by atoms with Gasteiger partial charge in [-0.05, 0) is 54.7 Å². The molecule has 2 aromatic rings. The van der Waals surface area contributed by atoms with Crippen molar-refractivity contribution >= 4 is 25.7 Å². The van der Waals surface area contributed by atoms with E-state index in [9.17, 15) is 16.8 Å². The molecule has 2 N–H and O–H groups in total. The summed E-state index contributed by atoms with van der Waals surface area (Å²) in [4.78, 5) is -0.144. The molecule has 0 saturated heterocycles. The zero-order valence-electron chi connectivity index (χ0n) is 14.6. The first-order valence-corrected chi connectivity index (χ1v) is 11.4. The predicted octanol–water partition coefficient (Wildman–Crippen LogP) is 3.05. The van der Waals surface area contributed by atoms with Crippen LogP contribution in [0, 0.1) is 0 Å². The molecule has 0 heterocycles. The van der Waals surface area contributed by atoms with E-state index < -0.39 is 20.0 Å². The lowest BCUT2D eigenvalue weighted by Crippen LogP contribution is -2.26. The Bertz CT molecular complexity index is 1010. The van der Waals surface area contributed by atoms with Crippen LogP contribution in [0.1, 0.15) is 38.2 Å². The van der Waals surface area contributed by atoms with Gasteiger partial charge in [-0.2, -0.15) is 0 Å². The van der Waals surface area contributed by atoms with Gasteiger partial charge >= 0.3 is 0 Å². The third-order valence-electron chi connectivity index (χ3n) is 4.13. The van der Waals surface area contributed by atoms with E-state index >= 15 is 0 Å². The monoisotopic (exact) mass is 394 g/mol. The molecule has 0 aliphatic heterocycles. The molecule has 0 unspecified atom stereocenters. The minimum absolute atomic E-state index is 0.0443. The van der Waals surface area contributed by atoms with Crippen molar-refractivity contribution in [2.24, 2.45) is 0 Å². The fourth-order valence-electron chi connectivity index (χ4n) is 2.47. The molecule has 0 atom stereocenters. The van der Waals surface area contributed by atoms with Gasteiger partial charge in [0.15, 0.2) is 0 Å². The summed E-state index contributed by atoms with van der Waals surface area (Å²) in [7, 11) is -7.61. The van der Waals surface area contributed by atoms with Crippen LogP contribution in [0.25, 0.3) is 0 Å². The van der Waals surface area contributed by atoms with Crippen LogP contribution in [0.3, 0.4) is 0 Å². The molecule has 140 valence electrons. The molecule has 1 fully saturated rings. The second-order valence-corrected chi connectivity index (χ2v) is 10.2. The van der Waals surface area contributed by atoms with E-state index in [1.165, 1.54) is 24.3 Å². The van der Waals surface area contributed by atoms with Crippen molar-refractivity contribution < 1.29 is 16.8 Å². The smallest absolute Gasteiger partial charge is 0.261 e. The molecular formula is C18H22N2O4S2. The summed E-state index contributed by atoms with van der Waals surface area (Å²) >= 11 is 0. The van der Waals surface area contributed by atoms with Crippen LogP contribution in [-0.4, -0.2) is 22.9 Å². The van der Waals surface area contributed by atoms with Crippen molar-refractivity contribution in [3.8, 4) is 0 Å². The molecule has 0 radical (unpaired) electrons. The average Bonchev–Trinajstić information content (AvgIpc) is 3.38. The Balaban J connectivity index is 1.88. The lowest BCUT2D eigenvalue weighted by molar-refractivity contribution is 0.580. The van der Waals surface area contributed by atoms with Gasteiger partial charge in [-0.3, -0.25) is 4.72 Å². The fourth-order valence-corrected chi connectivity index (χ4v) is 4.99. The highest BCUT2D eigenvalue weighted by molar-refractivity contribution is 7.93. The third kappa shape index (κ3) is 4.44. The third-order valence-corrected chi connectivity index (χ3v) is 7.03. The number of sulfonamides is 2. The normalized spacial score (nSPS) is 15.2. The first-order valence-electron chi connectivity index (χ1n) is 8.42. The first kappa shape index (κ1) is 18.9. The van der Waals surface area contributed by atoms with Crippen LogP contribution in [0.5, 0.6) is 0 Å². The van der Waals surface area contributed by atoms with Crippen molar-refractivity contribution in [3.63, 3.8) is 0 Å². The minimum atomic E-state index is -3.89. The Labute approximate surface area is 154 Å². The average molecular weight is 395 g/mol. The van der Waals surface area contributed by atoms with E-state index in [0.29, 0.717) is 5.69 Å². The van der Waals surface area contributed by atoms with Gasteiger partial charge < -0.3 is 0 Å². The molecule has 8 heteroatoms. The molecule has 0 spiro atoms. The lowest BCUT2D eigenvalue weighted by atomic mass is 10.0. The van der Waals surface area contributed by atoms with Gasteiger partial charge in [0.1, 0.15) is 0 Å². The summed E-state index contributed by atoms with van der Waals surface area (Å²) < 4.78 is 55.0. The van der Waals surface area contributed by atoms with E-state index in [4.69, 9.17) is 0 Å². The summed E-state index contributed by atoms with van der Waals surface area (Å²) in [5, 5.41) is 0. The molecule has 6 nitrogen and oxygen atoms in total. The molecular weight excluding hydrogens is 372 g/mol. The predicted molar refractivity (Wildman–Crippen MR) is 101 cm³/mol. The number of anilines is 1. The highest BCUT2D eigenvalue weighted by Gasteiger charge is 2.28. The van der Waals surface area contributed by atoms with Crippen molar-refractivity contribution in [1.29, 1.82) is 0 Å². The summed E-state index contributed by atoms with van der Waals surface area (Å²) in [6.07, 6.45) is 1.62. The van der Waals surface area contributed by atoms with Gasteiger partial charge in [-0.25, -0.2) is 21.6 Å². The van der Waals surface area contributed by atoms with Crippen LogP contribution in [0.4, 0.5) is 5.69 Å². The van der Waals surface area contributed by atoms with E-state index in [-0.39, 0.29) is 21.8 Å². The maximum absolute atomic E-state index is 12.7. The van der Waals surface area contributed by atoms with Crippen LogP contribution in [0.15, 0.2) is 58.3 Å². The van der Waals surface area contributed by atoms with E-state index in [1.807, 2.05) is 19.9 Å². The van der Waals surface area contributed by atoms with Gasteiger partial charge in [0, 0.05) is 11.7 Å². The quantitative estimate of drug-likeness (QED) is 0.755. The highest BCUT2D eigenvalue weighted by atomic mass is 32.2. The maximum Gasteiger partial charge on any atom is 0.261 e. The summed E-state index contributed by atoms with van der Waals surface area (Å²) in [6.45, 7) is 4.05. The zero-order chi connectivity index (χ0) is 18.9. The Morgan fingerprint density at radius 3 is 2.12 bits per heavy atom. The maximum atomic E-state index is 12.7. The number of hydrogen-bond donors (Lipinski definition) is 2. The summed E-state index contributed by atoms with van der Waals surface area (Å²) in [5.74, 6) is 0.265. The Morgan fingerprint density at radius 2 is 1.50 bits per heavy atom. The minimum Gasteiger partial charge on any atom is -0.280 e. The zero-order valence-corrected chi connectivity index (χ0v) is 16.3. The second-order valence-electron chi connectivity index (χ2n) is 6.76. The molecule has 1 aliphatic rings. The Kier molecular flexibility index (Phi) is 5.09.